The molecule has 0 heterocycles. The van der Waals surface area contributed by atoms with Crippen molar-refractivity contribution < 1.29 is 27.1 Å². The zero-order valence-corrected chi connectivity index (χ0v) is 15.8. The maximum Gasteiger partial charge on any atom is 0.339 e. The van der Waals surface area contributed by atoms with Crippen molar-refractivity contribution in [3.8, 4) is 0 Å². The summed E-state index contributed by atoms with van der Waals surface area (Å²) < 4.78 is 45.4. The van der Waals surface area contributed by atoms with Crippen LogP contribution >= 0.6 is 0 Å². The number of ether oxygens (including phenoxy) is 1. The predicted molar refractivity (Wildman–Crippen MR) is 97.3 cm³/mol. The fraction of sp³-hybridized carbons (Fsp3) is 0.222. The van der Waals surface area contributed by atoms with E-state index >= 15 is 0 Å². The number of carbonyl (C=O) groups excluding carboxylic acids is 2. The fourth-order valence-electron chi connectivity index (χ4n) is 2.20. The molecular weight excluding hydrogens is 375 g/mol. The molecule has 2 rings (SSSR count). The van der Waals surface area contributed by atoms with E-state index in [1.54, 1.807) is 6.92 Å². The molecule has 0 fully saturated rings. The van der Waals surface area contributed by atoms with Crippen LogP contribution in [0.2, 0.25) is 0 Å². The van der Waals surface area contributed by atoms with E-state index in [-0.39, 0.29) is 16.1 Å². The van der Waals surface area contributed by atoms with Gasteiger partial charge in [-0.05, 0) is 55.8 Å². The van der Waals surface area contributed by atoms with Crippen molar-refractivity contribution in [3.05, 3.63) is 59.4 Å². The molecule has 144 valence electrons. The van der Waals surface area contributed by atoms with Crippen molar-refractivity contribution in [2.45, 2.75) is 24.8 Å². The lowest BCUT2D eigenvalue weighted by atomic mass is 10.1. The minimum Gasteiger partial charge on any atom is -0.449 e. The van der Waals surface area contributed by atoms with Gasteiger partial charge in [0.05, 0.1) is 10.5 Å². The number of anilines is 1. The van der Waals surface area contributed by atoms with Gasteiger partial charge in [-0.2, -0.15) is 0 Å². The number of benzene rings is 2. The van der Waals surface area contributed by atoms with E-state index in [0.29, 0.717) is 5.56 Å². The van der Waals surface area contributed by atoms with Crippen LogP contribution in [0.15, 0.2) is 47.4 Å². The van der Waals surface area contributed by atoms with Crippen LogP contribution in [0.4, 0.5) is 10.1 Å². The first-order valence-corrected chi connectivity index (χ1v) is 9.44. The molecule has 1 atom stereocenters. The highest BCUT2D eigenvalue weighted by Crippen LogP contribution is 2.20. The number of hydrogen-bond acceptors (Lipinski definition) is 5. The number of rotatable bonds is 6. The third-order valence-corrected chi connectivity index (χ3v) is 5.11. The van der Waals surface area contributed by atoms with Gasteiger partial charge in [-0.15, -0.1) is 0 Å². The number of amides is 1. The summed E-state index contributed by atoms with van der Waals surface area (Å²) in [4.78, 5) is 23.6. The molecule has 0 aliphatic carbocycles. The van der Waals surface area contributed by atoms with E-state index in [1.165, 1.54) is 44.3 Å². The summed E-state index contributed by atoms with van der Waals surface area (Å²) >= 11 is 0. The molecule has 0 unspecified atom stereocenters. The van der Waals surface area contributed by atoms with Gasteiger partial charge in [-0.1, -0.05) is 6.07 Å². The Labute approximate surface area is 156 Å². The summed E-state index contributed by atoms with van der Waals surface area (Å²) in [6, 6.07) is 8.76. The summed E-state index contributed by atoms with van der Waals surface area (Å²) in [5, 5.41) is 2.35. The Bertz CT molecular complexity index is 958. The largest absolute Gasteiger partial charge is 0.449 e. The lowest BCUT2D eigenvalue weighted by molar-refractivity contribution is -0.128. The number of esters is 1. The molecule has 2 aromatic carbocycles. The van der Waals surface area contributed by atoms with Gasteiger partial charge in [0.15, 0.2) is 6.10 Å². The minimum atomic E-state index is -4.01. The van der Waals surface area contributed by atoms with Crippen molar-refractivity contribution in [1.29, 1.82) is 0 Å². The Balaban J connectivity index is 2.28. The molecular formula is C18H19FN2O5S. The average molecular weight is 394 g/mol. The van der Waals surface area contributed by atoms with E-state index in [4.69, 9.17) is 4.74 Å². The van der Waals surface area contributed by atoms with Gasteiger partial charge in [-0.3, -0.25) is 9.52 Å². The van der Waals surface area contributed by atoms with Gasteiger partial charge in [0.1, 0.15) is 5.82 Å². The van der Waals surface area contributed by atoms with Crippen LogP contribution < -0.4 is 10.0 Å². The van der Waals surface area contributed by atoms with Crippen molar-refractivity contribution >= 4 is 27.6 Å². The Kier molecular flexibility index (Phi) is 6.17. The van der Waals surface area contributed by atoms with Crippen molar-refractivity contribution in [3.63, 3.8) is 0 Å². The first kappa shape index (κ1) is 20.4. The average Bonchev–Trinajstić information content (AvgIpc) is 2.62. The second kappa shape index (κ2) is 8.17. The molecule has 0 bridgehead atoms. The second-order valence-corrected chi connectivity index (χ2v) is 7.43. The van der Waals surface area contributed by atoms with Crippen LogP contribution in [0.5, 0.6) is 0 Å². The Morgan fingerprint density at radius 3 is 2.33 bits per heavy atom. The van der Waals surface area contributed by atoms with Gasteiger partial charge < -0.3 is 10.1 Å². The highest BCUT2D eigenvalue weighted by molar-refractivity contribution is 7.92. The number of carbonyl (C=O) groups is 2. The first-order chi connectivity index (χ1) is 12.6. The van der Waals surface area contributed by atoms with Gasteiger partial charge >= 0.3 is 5.97 Å². The van der Waals surface area contributed by atoms with Crippen LogP contribution in [-0.4, -0.2) is 33.4 Å². The number of halogens is 1. The topological polar surface area (TPSA) is 102 Å². The predicted octanol–water partition coefficient (Wildman–Crippen LogP) is 2.23. The molecule has 2 aromatic rings. The highest BCUT2D eigenvalue weighted by Gasteiger charge is 2.22. The number of sulfonamides is 1. The molecule has 0 aliphatic heterocycles. The monoisotopic (exact) mass is 394 g/mol. The van der Waals surface area contributed by atoms with Crippen LogP contribution in [0.1, 0.15) is 22.8 Å². The lowest BCUT2D eigenvalue weighted by Gasteiger charge is -2.14. The molecule has 9 heteroatoms. The van der Waals surface area contributed by atoms with Gasteiger partial charge in [0.2, 0.25) is 0 Å². The van der Waals surface area contributed by atoms with E-state index in [0.717, 1.165) is 12.1 Å². The van der Waals surface area contributed by atoms with E-state index in [9.17, 15) is 22.4 Å². The quantitative estimate of drug-likeness (QED) is 0.732. The van der Waals surface area contributed by atoms with Gasteiger partial charge in [0, 0.05) is 12.7 Å². The minimum absolute atomic E-state index is 0.0211. The molecule has 1 amide bonds. The van der Waals surface area contributed by atoms with Crippen molar-refractivity contribution in [2.75, 3.05) is 11.8 Å². The van der Waals surface area contributed by atoms with Gasteiger partial charge in [0.25, 0.3) is 15.9 Å². The molecule has 0 saturated carbocycles. The highest BCUT2D eigenvalue weighted by atomic mass is 32.2. The van der Waals surface area contributed by atoms with Crippen molar-refractivity contribution in [1.82, 2.24) is 5.32 Å². The van der Waals surface area contributed by atoms with E-state index < -0.39 is 33.8 Å². The van der Waals surface area contributed by atoms with Crippen molar-refractivity contribution in [2.24, 2.45) is 0 Å². The maximum atomic E-state index is 13.0. The maximum absolute atomic E-state index is 13.0. The molecule has 0 aliphatic rings. The van der Waals surface area contributed by atoms with Gasteiger partial charge in [-0.25, -0.2) is 17.6 Å². The Morgan fingerprint density at radius 2 is 1.74 bits per heavy atom. The zero-order valence-electron chi connectivity index (χ0n) is 14.9. The molecule has 0 spiro atoms. The third-order valence-electron chi connectivity index (χ3n) is 3.74. The number of aryl methyl sites for hydroxylation is 1. The third kappa shape index (κ3) is 5.04. The molecule has 27 heavy (non-hydrogen) atoms. The molecule has 0 aromatic heterocycles. The number of nitrogens with one attached hydrogen (secondary N) is 2. The first-order valence-electron chi connectivity index (χ1n) is 7.95. The van der Waals surface area contributed by atoms with Crippen LogP contribution in [-0.2, 0) is 19.6 Å². The SMILES string of the molecule is CNC(=O)[C@H](C)OC(=O)c1cc(S(=O)(=O)Nc2ccc(F)cc2)ccc1C. The second-order valence-electron chi connectivity index (χ2n) is 5.75. The summed E-state index contributed by atoms with van der Waals surface area (Å²) in [6.45, 7) is 3.02. The van der Waals surface area contributed by atoms with E-state index in [1.807, 2.05) is 0 Å². The lowest BCUT2D eigenvalue weighted by Crippen LogP contribution is -2.33. The molecule has 2 N–H and O–H groups in total. The molecule has 0 saturated heterocycles. The summed E-state index contributed by atoms with van der Waals surface area (Å²) in [6.07, 6.45) is -1.03. The number of likely N-dealkylation sites (N-methyl/N-ethyl adjacent to an activating group) is 1. The Morgan fingerprint density at radius 1 is 1.11 bits per heavy atom. The number of hydrogen-bond donors (Lipinski definition) is 2. The smallest absolute Gasteiger partial charge is 0.339 e. The molecule has 0 radical (unpaired) electrons. The fourth-order valence-corrected chi connectivity index (χ4v) is 3.29. The summed E-state index contributed by atoms with van der Waals surface area (Å²) in [7, 11) is -2.60. The van der Waals surface area contributed by atoms with Crippen LogP contribution in [0.25, 0.3) is 0 Å². The van der Waals surface area contributed by atoms with Crippen LogP contribution in [0.3, 0.4) is 0 Å². The summed E-state index contributed by atoms with van der Waals surface area (Å²) in [5.41, 5.74) is 0.687. The molecule has 7 nitrogen and oxygen atoms in total. The van der Waals surface area contributed by atoms with Crippen LogP contribution in [0, 0.1) is 12.7 Å². The standard InChI is InChI=1S/C18H19FN2O5S/c1-11-4-9-15(10-16(11)18(23)26-12(2)17(22)20-3)27(24,25)21-14-7-5-13(19)6-8-14/h4-10,12,21H,1-3H3,(H,20,22)/t12-/m0/s1. The van der Waals surface area contributed by atoms with E-state index in [2.05, 4.69) is 10.0 Å². The normalized spacial score (nSPS) is 12.1. The zero-order chi connectivity index (χ0) is 20.2. The summed E-state index contributed by atoms with van der Waals surface area (Å²) in [5.74, 6) is -1.80. The Hall–Kier alpha value is -2.94.